The third-order valence-electron chi connectivity index (χ3n) is 4.84. The van der Waals surface area contributed by atoms with Crippen LogP contribution in [0.3, 0.4) is 0 Å². The minimum absolute atomic E-state index is 0.0449. The lowest BCUT2D eigenvalue weighted by atomic mass is 10.0. The highest BCUT2D eigenvalue weighted by atomic mass is 19.1. The number of benzene rings is 2. The van der Waals surface area contributed by atoms with Crippen molar-refractivity contribution < 1.29 is 9.18 Å². The van der Waals surface area contributed by atoms with Crippen LogP contribution in [0, 0.1) is 5.82 Å². The van der Waals surface area contributed by atoms with Crippen LogP contribution in [0.25, 0.3) is 11.3 Å². The minimum atomic E-state index is -0.258. The average molecular weight is 364 g/mol. The van der Waals surface area contributed by atoms with Crippen molar-refractivity contribution in [3.8, 4) is 11.3 Å². The Morgan fingerprint density at radius 2 is 1.93 bits per heavy atom. The number of amides is 1. The lowest BCUT2D eigenvalue weighted by Gasteiger charge is -2.33. The van der Waals surface area contributed by atoms with Gasteiger partial charge in [0.15, 0.2) is 5.82 Å². The summed E-state index contributed by atoms with van der Waals surface area (Å²) in [6, 6.07) is 17.6. The van der Waals surface area contributed by atoms with Crippen LogP contribution in [-0.4, -0.2) is 35.2 Å². The first kappa shape index (κ1) is 17.3. The van der Waals surface area contributed by atoms with Gasteiger partial charge in [-0.1, -0.05) is 18.2 Å². The van der Waals surface area contributed by atoms with Gasteiger partial charge in [-0.2, -0.15) is 5.10 Å². The molecule has 1 amide bonds. The molecule has 1 aliphatic rings. The number of carbonyl (C=O) groups excluding carboxylic acids is 1. The first-order chi connectivity index (χ1) is 13.2. The van der Waals surface area contributed by atoms with Crippen molar-refractivity contribution in [2.24, 2.45) is 0 Å². The number of H-pyrrole nitrogens is 1. The van der Waals surface area contributed by atoms with Gasteiger partial charge in [0.1, 0.15) is 5.82 Å². The Morgan fingerprint density at radius 1 is 1.15 bits per heavy atom. The van der Waals surface area contributed by atoms with Crippen LogP contribution in [0.15, 0.2) is 60.7 Å². The Bertz CT molecular complexity index is 907. The first-order valence-electron chi connectivity index (χ1n) is 9.11. The van der Waals surface area contributed by atoms with E-state index < -0.39 is 0 Å². The molecule has 3 aromatic rings. The molecule has 138 valence electrons. The van der Waals surface area contributed by atoms with Crippen molar-refractivity contribution in [1.29, 1.82) is 0 Å². The van der Waals surface area contributed by atoms with E-state index in [9.17, 15) is 9.18 Å². The van der Waals surface area contributed by atoms with Crippen molar-refractivity contribution in [2.45, 2.75) is 18.9 Å². The molecule has 2 aromatic carbocycles. The summed E-state index contributed by atoms with van der Waals surface area (Å²) in [6.07, 6.45) is 1.93. The smallest absolute Gasteiger partial charge is 0.251 e. The van der Waals surface area contributed by atoms with E-state index in [0.29, 0.717) is 12.1 Å². The third kappa shape index (κ3) is 4.00. The van der Waals surface area contributed by atoms with Gasteiger partial charge >= 0.3 is 0 Å². The van der Waals surface area contributed by atoms with Crippen molar-refractivity contribution >= 4 is 11.7 Å². The number of hydrogen-bond donors (Lipinski definition) is 2. The Morgan fingerprint density at radius 3 is 2.70 bits per heavy atom. The van der Waals surface area contributed by atoms with Gasteiger partial charge in [0, 0.05) is 30.8 Å². The summed E-state index contributed by atoms with van der Waals surface area (Å²) in [7, 11) is 0. The molecule has 6 heteroatoms. The van der Waals surface area contributed by atoms with Gasteiger partial charge in [-0.3, -0.25) is 9.89 Å². The summed E-state index contributed by atoms with van der Waals surface area (Å²) in [6.45, 7) is 1.61. The zero-order chi connectivity index (χ0) is 18.6. The van der Waals surface area contributed by atoms with E-state index in [4.69, 9.17) is 0 Å². The maximum Gasteiger partial charge on any atom is 0.251 e. The summed E-state index contributed by atoms with van der Waals surface area (Å²) in [5.74, 6) is 0.538. The monoisotopic (exact) mass is 364 g/mol. The van der Waals surface area contributed by atoms with E-state index in [1.807, 2.05) is 36.4 Å². The second kappa shape index (κ2) is 7.61. The summed E-state index contributed by atoms with van der Waals surface area (Å²) in [5.41, 5.74) is 2.41. The Labute approximate surface area is 157 Å². The molecule has 1 aliphatic heterocycles. The molecular weight excluding hydrogens is 343 g/mol. The van der Waals surface area contributed by atoms with Gasteiger partial charge < -0.3 is 10.2 Å². The predicted octanol–water partition coefficient (Wildman–Crippen LogP) is 3.61. The predicted molar refractivity (Wildman–Crippen MR) is 103 cm³/mol. The van der Waals surface area contributed by atoms with Crippen LogP contribution in [0.5, 0.6) is 0 Å². The van der Waals surface area contributed by atoms with Crippen LogP contribution in [0.1, 0.15) is 23.2 Å². The molecule has 27 heavy (non-hydrogen) atoms. The maximum absolute atomic E-state index is 13.1. The van der Waals surface area contributed by atoms with Crippen LogP contribution < -0.4 is 10.2 Å². The number of aromatic amines is 1. The minimum Gasteiger partial charge on any atom is -0.353 e. The van der Waals surface area contributed by atoms with Crippen LogP contribution in [-0.2, 0) is 0 Å². The van der Waals surface area contributed by atoms with Crippen LogP contribution >= 0.6 is 0 Å². The van der Waals surface area contributed by atoms with Crippen molar-refractivity contribution in [2.75, 3.05) is 18.0 Å². The largest absolute Gasteiger partial charge is 0.353 e. The fourth-order valence-corrected chi connectivity index (χ4v) is 3.41. The summed E-state index contributed by atoms with van der Waals surface area (Å²) in [5, 5.41) is 10.5. The fourth-order valence-electron chi connectivity index (χ4n) is 3.41. The highest BCUT2D eigenvalue weighted by molar-refractivity contribution is 5.94. The molecule has 1 fully saturated rings. The molecule has 1 saturated heterocycles. The second-order valence-electron chi connectivity index (χ2n) is 6.77. The summed E-state index contributed by atoms with van der Waals surface area (Å²) < 4.78 is 13.1. The molecule has 2 N–H and O–H groups in total. The molecule has 0 radical (unpaired) electrons. The zero-order valence-electron chi connectivity index (χ0n) is 14.9. The van der Waals surface area contributed by atoms with Gasteiger partial charge in [0.2, 0.25) is 0 Å². The van der Waals surface area contributed by atoms with Crippen LogP contribution in [0.4, 0.5) is 10.2 Å². The number of halogens is 1. The molecule has 0 spiro atoms. The number of piperidine rings is 1. The van der Waals surface area contributed by atoms with Crippen LogP contribution in [0.2, 0.25) is 0 Å². The van der Waals surface area contributed by atoms with E-state index in [1.165, 1.54) is 12.1 Å². The van der Waals surface area contributed by atoms with Crippen molar-refractivity contribution in [1.82, 2.24) is 15.5 Å². The van der Waals surface area contributed by atoms with E-state index in [2.05, 4.69) is 20.4 Å². The molecule has 0 unspecified atom stereocenters. The third-order valence-corrected chi connectivity index (χ3v) is 4.84. The van der Waals surface area contributed by atoms with Gasteiger partial charge in [-0.15, -0.1) is 0 Å². The normalized spacial score (nSPS) is 16.9. The number of rotatable bonds is 4. The molecule has 1 atom stereocenters. The van der Waals surface area contributed by atoms with E-state index in [-0.39, 0.29) is 17.8 Å². The number of nitrogens with one attached hydrogen (secondary N) is 2. The molecule has 0 bridgehead atoms. The first-order valence-corrected chi connectivity index (χ1v) is 9.11. The molecule has 1 aromatic heterocycles. The summed E-state index contributed by atoms with van der Waals surface area (Å²) >= 11 is 0. The molecule has 2 heterocycles. The van der Waals surface area contributed by atoms with E-state index >= 15 is 0 Å². The Kier molecular flexibility index (Phi) is 4.87. The highest BCUT2D eigenvalue weighted by Gasteiger charge is 2.23. The number of anilines is 1. The highest BCUT2D eigenvalue weighted by Crippen LogP contribution is 2.24. The topological polar surface area (TPSA) is 61.0 Å². The van der Waals surface area contributed by atoms with Crippen molar-refractivity contribution in [3.05, 3.63) is 72.0 Å². The van der Waals surface area contributed by atoms with E-state index in [0.717, 1.165) is 36.5 Å². The number of carbonyl (C=O) groups is 1. The quantitative estimate of drug-likeness (QED) is 0.743. The molecule has 0 saturated carbocycles. The number of aromatic nitrogens is 2. The zero-order valence-corrected chi connectivity index (χ0v) is 14.9. The Hall–Kier alpha value is -3.15. The van der Waals surface area contributed by atoms with Crippen molar-refractivity contribution in [3.63, 3.8) is 0 Å². The molecule has 0 aliphatic carbocycles. The SMILES string of the molecule is O=C(N[C@@H]1CCCN(c2cc(-c3ccc(F)cc3)[nH]n2)C1)c1ccccc1. The summed E-state index contributed by atoms with van der Waals surface area (Å²) in [4.78, 5) is 14.6. The number of hydrogen-bond acceptors (Lipinski definition) is 3. The number of nitrogens with zero attached hydrogens (tertiary/aromatic N) is 2. The maximum atomic E-state index is 13.1. The van der Waals surface area contributed by atoms with Gasteiger partial charge in [0.05, 0.1) is 5.69 Å². The fraction of sp³-hybridized carbons (Fsp3) is 0.238. The van der Waals surface area contributed by atoms with Gasteiger partial charge in [-0.05, 0) is 54.8 Å². The Balaban J connectivity index is 1.42. The standard InChI is InChI=1S/C21H21FN4O/c22-17-10-8-15(9-11-17)19-13-20(25-24-19)26-12-4-7-18(14-26)23-21(27)16-5-2-1-3-6-16/h1-3,5-6,8-11,13,18H,4,7,12,14H2,(H,23,27)(H,24,25)/t18-/m1/s1. The lowest BCUT2D eigenvalue weighted by molar-refractivity contribution is 0.0933. The molecular formula is C21H21FN4O. The van der Waals surface area contributed by atoms with E-state index in [1.54, 1.807) is 12.1 Å². The average Bonchev–Trinajstić information content (AvgIpc) is 3.20. The second-order valence-corrected chi connectivity index (χ2v) is 6.77. The lowest BCUT2D eigenvalue weighted by Crippen LogP contribution is -2.48. The molecule has 5 nitrogen and oxygen atoms in total. The van der Waals surface area contributed by atoms with Gasteiger partial charge in [0.25, 0.3) is 5.91 Å². The van der Waals surface area contributed by atoms with Gasteiger partial charge in [-0.25, -0.2) is 4.39 Å². The molecule has 4 rings (SSSR count).